The van der Waals surface area contributed by atoms with E-state index < -0.39 is 0 Å². The molecule has 0 radical (unpaired) electrons. The van der Waals surface area contributed by atoms with E-state index in [1.165, 1.54) is 12.5 Å². The Morgan fingerprint density at radius 2 is 2.20 bits per heavy atom. The van der Waals surface area contributed by atoms with Crippen molar-refractivity contribution in [3.05, 3.63) is 29.6 Å². The van der Waals surface area contributed by atoms with Gasteiger partial charge in [0.15, 0.2) is 0 Å². The molecular formula is C16H25FN2O. The van der Waals surface area contributed by atoms with E-state index in [1.807, 2.05) is 6.92 Å². The number of hydrogen-bond donors (Lipinski definition) is 1. The lowest BCUT2D eigenvalue weighted by Gasteiger charge is -2.19. The summed E-state index contributed by atoms with van der Waals surface area (Å²) in [5.41, 5.74) is 0.986. The lowest BCUT2D eigenvalue weighted by molar-refractivity contribution is 0.287. The van der Waals surface area contributed by atoms with E-state index >= 15 is 0 Å². The molecule has 0 bridgehead atoms. The molecule has 0 amide bonds. The molecule has 1 fully saturated rings. The van der Waals surface area contributed by atoms with Gasteiger partial charge in [-0.2, -0.15) is 0 Å². The first-order chi connectivity index (χ1) is 9.79. The van der Waals surface area contributed by atoms with Crippen molar-refractivity contribution in [3.63, 3.8) is 0 Å². The summed E-state index contributed by atoms with van der Waals surface area (Å²) in [5, 5.41) is 3.41. The second-order valence-electron chi connectivity index (χ2n) is 5.23. The molecule has 1 heterocycles. The van der Waals surface area contributed by atoms with E-state index in [4.69, 9.17) is 4.74 Å². The van der Waals surface area contributed by atoms with Gasteiger partial charge in [-0.3, -0.25) is 0 Å². The first-order valence-corrected chi connectivity index (χ1v) is 7.64. The average Bonchev–Trinajstić information content (AvgIpc) is 2.71. The summed E-state index contributed by atoms with van der Waals surface area (Å²) in [4.78, 5) is 2.49. The molecule has 1 aromatic carbocycles. The predicted molar refractivity (Wildman–Crippen MR) is 79.8 cm³/mol. The Kier molecular flexibility index (Phi) is 6.27. The number of ether oxygens (including phenoxy) is 1. The minimum atomic E-state index is -0.178. The molecule has 0 saturated carbocycles. The summed E-state index contributed by atoms with van der Waals surface area (Å²) in [6.07, 6.45) is 3.13. The van der Waals surface area contributed by atoms with Crippen LogP contribution in [0.15, 0.2) is 18.2 Å². The van der Waals surface area contributed by atoms with Gasteiger partial charge in [-0.1, -0.05) is 0 Å². The topological polar surface area (TPSA) is 24.5 Å². The highest BCUT2D eigenvalue weighted by molar-refractivity contribution is 5.34. The minimum absolute atomic E-state index is 0.178. The third kappa shape index (κ3) is 4.76. The molecule has 0 unspecified atom stereocenters. The molecule has 1 N–H and O–H groups in total. The standard InChI is InChI=1S/C16H25FN2O/c1-2-20-16-7-6-15(17)13-14(16)5-3-10-19-11-4-8-18-9-12-19/h6-7,13,18H,2-5,8-12H2,1H3. The second kappa shape index (κ2) is 8.22. The number of aryl methyl sites for hydroxylation is 1. The number of benzene rings is 1. The predicted octanol–water partition coefficient (Wildman–Crippen LogP) is 2.45. The largest absolute Gasteiger partial charge is 0.494 e. The normalized spacial score (nSPS) is 16.9. The lowest BCUT2D eigenvalue weighted by atomic mass is 10.1. The van der Waals surface area contributed by atoms with Gasteiger partial charge in [0.05, 0.1) is 6.61 Å². The molecule has 0 atom stereocenters. The summed E-state index contributed by atoms with van der Waals surface area (Å²) in [5.74, 6) is 0.647. The summed E-state index contributed by atoms with van der Waals surface area (Å²) in [6.45, 7) is 8.12. The first kappa shape index (κ1) is 15.3. The zero-order chi connectivity index (χ0) is 14.2. The summed E-state index contributed by atoms with van der Waals surface area (Å²) in [6, 6.07) is 4.81. The number of rotatable bonds is 6. The maximum absolute atomic E-state index is 13.3. The smallest absolute Gasteiger partial charge is 0.123 e. The van der Waals surface area contributed by atoms with Gasteiger partial charge in [-0.15, -0.1) is 0 Å². The number of nitrogens with zero attached hydrogens (tertiary/aromatic N) is 1. The molecule has 112 valence electrons. The van der Waals surface area contributed by atoms with Crippen LogP contribution in [0.2, 0.25) is 0 Å². The molecular weight excluding hydrogens is 255 g/mol. The van der Waals surface area contributed by atoms with Gasteiger partial charge in [0, 0.05) is 13.1 Å². The Labute approximate surface area is 121 Å². The zero-order valence-corrected chi connectivity index (χ0v) is 12.3. The maximum Gasteiger partial charge on any atom is 0.123 e. The quantitative estimate of drug-likeness (QED) is 0.866. The van der Waals surface area contributed by atoms with Gasteiger partial charge in [0.1, 0.15) is 11.6 Å². The van der Waals surface area contributed by atoms with E-state index in [0.717, 1.165) is 56.9 Å². The molecule has 0 aliphatic carbocycles. The fourth-order valence-electron chi connectivity index (χ4n) is 2.66. The van der Waals surface area contributed by atoms with Gasteiger partial charge < -0.3 is 15.0 Å². The number of halogens is 1. The maximum atomic E-state index is 13.3. The van der Waals surface area contributed by atoms with Crippen LogP contribution < -0.4 is 10.1 Å². The fraction of sp³-hybridized carbons (Fsp3) is 0.625. The molecule has 2 rings (SSSR count). The summed E-state index contributed by atoms with van der Waals surface area (Å²) >= 11 is 0. The highest BCUT2D eigenvalue weighted by Gasteiger charge is 2.09. The van der Waals surface area contributed by atoms with Gasteiger partial charge in [-0.05, 0) is 69.6 Å². The van der Waals surface area contributed by atoms with Crippen LogP contribution in [-0.2, 0) is 6.42 Å². The Hall–Kier alpha value is -1.13. The highest BCUT2D eigenvalue weighted by atomic mass is 19.1. The van der Waals surface area contributed by atoms with E-state index in [9.17, 15) is 4.39 Å². The Morgan fingerprint density at radius 3 is 3.05 bits per heavy atom. The van der Waals surface area contributed by atoms with Crippen molar-refractivity contribution in [2.45, 2.75) is 26.2 Å². The molecule has 1 aliphatic rings. The monoisotopic (exact) mass is 280 g/mol. The molecule has 0 spiro atoms. The molecule has 1 aromatic rings. The summed E-state index contributed by atoms with van der Waals surface area (Å²) in [7, 11) is 0. The van der Waals surface area contributed by atoms with Crippen molar-refractivity contribution in [1.29, 1.82) is 0 Å². The van der Waals surface area contributed by atoms with Crippen molar-refractivity contribution in [1.82, 2.24) is 10.2 Å². The van der Waals surface area contributed by atoms with Crippen LogP contribution >= 0.6 is 0 Å². The van der Waals surface area contributed by atoms with Crippen molar-refractivity contribution >= 4 is 0 Å². The van der Waals surface area contributed by atoms with Crippen LogP contribution in [0.3, 0.4) is 0 Å². The van der Waals surface area contributed by atoms with Crippen LogP contribution in [0.1, 0.15) is 25.3 Å². The van der Waals surface area contributed by atoms with Crippen molar-refractivity contribution < 1.29 is 9.13 Å². The van der Waals surface area contributed by atoms with Gasteiger partial charge in [0.2, 0.25) is 0 Å². The van der Waals surface area contributed by atoms with Crippen LogP contribution in [0, 0.1) is 5.82 Å². The molecule has 1 aliphatic heterocycles. The lowest BCUT2D eigenvalue weighted by Crippen LogP contribution is -2.29. The van der Waals surface area contributed by atoms with Crippen molar-refractivity contribution in [2.75, 3.05) is 39.3 Å². The van der Waals surface area contributed by atoms with Crippen LogP contribution in [0.5, 0.6) is 5.75 Å². The molecule has 1 saturated heterocycles. The molecule has 0 aromatic heterocycles. The minimum Gasteiger partial charge on any atom is -0.494 e. The van der Waals surface area contributed by atoms with Gasteiger partial charge >= 0.3 is 0 Å². The summed E-state index contributed by atoms with van der Waals surface area (Å²) < 4.78 is 18.9. The van der Waals surface area contributed by atoms with E-state index in [2.05, 4.69) is 10.2 Å². The van der Waals surface area contributed by atoms with Crippen LogP contribution in [0.25, 0.3) is 0 Å². The van der Waals surface area contributed by atoms with Gasteiger partial charge in [-0.25, -0.2) is 4.39 Å². The third-order valence-electron chi connectivity index (χ3n) is 3.68. The van der Waals surface area contributed by atoms with Gasteiger partial charge in [0.25, 0.3) is 0 Å². The molecule has 4 heteroatoms. The van der Waals surface area contributed by atoms with E-state index in [0.29, 0.717) is 6.61 Å². The molecule has 3 nitrogen and oxygen atoms in total. The first-order valence-electron chi connectivity index (χ1n) is 7.64. The van der Waals surface area contributed by atoms with Crippen molar-refractivity contribution in [2.24, 2.45) is 0 Å². The third-order valence-corrected chi connectivity index (χ3v) is 3.68. The van der Waals surface area contributed by atoms with Crippen LogP contribution in [-0.4, -0.2) is 44.2 Å². The van der Waals surface area contributed by atoms with Crippen LogP contribution in [0.4, 0.5) is 4.39 Å². The molecule has 20 heavy (non-hydrogen) atoms. The average molecular weight is 280 g/mol. The van der Waals surface area contributed by atoms with E-state index in [-0.39, 0.29) is 5.82 Å². The Balaban J connectivity index is 1.84. The SMILES string of the molecule is CCOc1ccc(F)cc1CCCN1CCCNCC1. The Morgan fingerprint density at radius 1 is 1.30 bits per heavy atom. The Bertz CT molecular complexity index is 403. The zero-order valence-electron chi connectivity index (χ0n) is 12.3. The highest BCUT2D eigenvalue weighted by Crippen LogP contribution is 2.21. The number of hydrogen-bond acceptors (Lipinski definition) is 3. The van der Waals surface area contributed by atoms with Crippen molar-refractivity contribution in [3.8, 4) is 5.75 Å². The van der Waals surface area contributed by atoms with E-state index in [1.54, 1.807) is 12.1 Å². The second-order valence-corrected chi connectivity index (χ2v) is 5.23. The fourth-order valence-corrected chi connectivity index (χ4v) is 2.66. The number of nitrogens with one attached hydrogen (secondary N) is 1.